The first-order chi connectivity index (χ1) is 9.52. The Morgan fingerprint density at radius 3 is 2.70 bits per heavy atom. The summed E-state index contributed by atoms with van der Waals surface area (Å²) in [4.78, 5) is 34.5. The highest BCUT2D eigenvalue weighted by Crippen LogP contribution is 2.19. The number of nitrogens with one attached hydrogen (secondary N) is 2. The summed E-state index contributed by atoms with van der Waals surface area (Å²) in [5.41, 5.74) is 0. The predicted octanol–water partition coefficient (Wildman–Crippen LogP) is 1.51. The standard InChI is InChI=1S/C14H22N2O4/c1-3-10(2)15-14(19)16-12(17)9-20-13(18)11-7-5-4-6-8-11/h4-5,10-11H,3,6-9H2,1-2H3,(H2,15,16,17,19)/t10-,11-/m1/s1. The van der Waals surface area contributed by atoms with Crippen LogP contribution in [0.2, 0.25) is 0 Å². The molecule has 20 heavy (non-hydrogen) atoms. The molecular formula is C14H22N2O4. The van der Waals surface area contributed by atoms with Crippen molar-refractivity contribution < 1.29 is 19.1 Å². The van der Waals surface area contributed by atoms with E-state index >= 15 is 0 Å². The second kappa shape index (κ2) is 8.35. The quantitative estimate of drug-likeness (QED) is 0.591. The molecule has 2 atom stereocenters. The Morgan fingerprint density at radius 2 is 2.10 bits per heavy atom. The van der Waals surface area contributed by atoms with Crippen molar-refractivity contribution in [1.82, 2.24) is 10.6 Å². The van der Waals surface area contributed by atoms with Crippen LogP contribution in [-0.2, 0) is 14.3 Å². The fraction of sp³-hybridized carbons (Fsp3) is 0.643. The number of carbonyl (C=O) groups excluding carboxylic acids is 3. The molecule has 0 aromatic carbocycles. The highest BCUT2D eigenvalue weighted by Gasteiger charge is 2.21. The molecule has 0 aliphatic heterocycles. The van der Waals surface area contributed by atoms with E-state index in [1.807, 2.05) is 26.0 Å². The minimum absolute atomic E-state index is 0.0145. The summed E-state index contributed by atoms with van der Waals surface area (Å²) in [5.74, 6) is -1.18. The zero-order valence-corrected chi connectivity index (χ0v) is 12.0. The van der Waals surface area contributed by atoms with Gasteiger partial charge in [0.2, 0.25) is 0 Å². The smallest absolute Gasteiger partial charge is 0.321 e. The number of allylic oxidation sites excluding steroid dienone is 2. The molecule has 0 bridgehead atoms. The summed E-state index contributed by atoms with van der Waals surface area (Å²) < 4.78 is 4.91. The third-order valence-corrected chi connectivity index (χ3v) is 3.19. The van der Waals surface area contributed by atoms with Crippen molar-refractivity contribution in [2.45, 2.75) is 45.6 Å². The average Bonchev–Trinajstić information content (AvgIpc) is 2.45. The lowest BCUT2D eigenvalue weighted by Gasteiger charge is -2.16. The van der Waals surface area contributed by atoms with Crippen molar-refractivity contribution in [3.05, 3.63) is 12.2 Å². The molecule has 3 amide bonds. The Hall–Kier alpha value is -1.85. The van der Waals surface area contributed by atoms with Crippen LogP contribution < -0.4 is 10.6 Å². The van der Waals surface area contributed by atoms with Crippen LogP contribution in [0, 0.1) is 5.92 Å². The molecule has 0 fully saturated rings. The Kier molecular flexibility index (Phi) is 6.76. The lowest BCUT2D eigenvalue weighted by molar-refractivity contribution is -0.152. The number of urea groups is 1. The lowest BCUT2D eigenvalue weighted by Crippen LogP contribution is -2.44. The van der Waals surface area contributed by atoms with E-state index in [9.17, 15) is 14.4 Å². The molecule has 0 radical (unpaired) electrons. The van der Waals surface area contributed by atoms with Crippen molar-refractivity contribution in [1.29, 1.82) is 0 Å². The van der Waals surface area contributed by atoms with Crippen molar-refractivity contribution in [2.24, 2.45) is 5.92 Å². The molecule has 1 aliphatic carbocycles. The van der Waals surface area contributed by atoms with E-state index in [1.165, 1.54) is 0 Å². The van der Waals surface area contributed by atoms with Crippen molar-refractivity contribution in [3.63, 3.8) is 0 Å². The lowest BCUT2D eigenvalue weighted by atomic mass is 9.95. The molecule has 0 spiro atoms. The number of amides is 3. The maximum atomic E-state index is 11.7. The summed E-state index contributed by atoms with van der Waals surface area (Å²) in [6.07, 6.45) is 6.97. The zero-order valence-electron chi connectivity index (χ0n) is 12.0. The summed E-state index contributed by atoms with van der Waals surface area (Å²) in [7, 11) is 0. The summed E-state index contributed by atoms with van der Waals surface area (Å²) in [6.45, 7) is 3.33. The van der Waals surface area contributed by atoms with Gasteiger partial charge in [-0.1, -0.05) is 19.1 Å². The van der Waals surface area contributed by atoms with Gasteiger partial charge in [-0.2, -0.15) is 0 Å². The SMILES string of the molecule is CC[C@@H](C)NC(=O)NC(=O)COC(=O)[C@@H]1CC=CCC1. The highest BCUT2D eigenvalue weighted by atomic mass is 16.5. The van der Waals surface area contributed by atoms with Gasteiger partial charge in [0.1, 0.15) is 0 Å². The molecule has 2 N–H and O–H groups in total. The minimum atomic E-state index is -0.620. The van der Waals surface area contributed by atoms with E-state index in [0.717, 1.165) is 19.3 Å². The maximum absolute atomic E-state index is 11.7. The molecule has 0 saturated carbocycles. The molecule has 0 aromatic heterocycles. The Bertz CT molecular complexity index is 393. The van der Waals surface area contributed by atoms with Crippen LogP contribution in [0.15, 0.2) is 12.2 Å². The number of hydrogen-bond donors (Lipinski definition) is 2. The topological polar surface area (TPSA) is 84.5 Å². The number of hydrogen-bond acceptors (Lipinski definition) is 4. The molecule has 0 aromatic rings. The Labute approximate surface area is 118 Å². The number of imide groups is 1. The van der Waals surface area contributed by atoms with Gasteiger partial charge in [0.15, 0.2) is 6.61 Å². The first-order valence-electron chi connectivity index (χ1n) is 6.95. The molecule has 0 unspecified atom stereocenters. The summed E-state index contributed by atoms with van der Waals surface area (Å²) in [6, 6.07) is -0.583. The van der Waals surface area contributed by atoms with Gasteiger partial charge in [-0.05, 0) is 32.6 Å². The number of esters is 1. The van der Waals surface area contributed by atoms with Crippen LogP contribution in [0.25, 0.3) is 0 Å². The van der Waals surface area contributed by atoms with Crippen LogP contribution in [0.3, 0.4) is 0 Å². The molecule has 6 heteroatoms. The third kappa shape index (κ3) is 5.86. The van der Waals surface area contributed by atoms with Gasteiger partial charge in [-0.3, -0.25) is 14.9 Å². The third-order valence-electron chi connectivity index (χ3n) is 3.19. The Morgan fingerprint density at radius 1 is 1.35 bits per heavy atom. The van der Waals surface area contributed by atoms with Gasteiger partial charge >= 0.3 is 12.0 Å². The molecule has 1 rings (SSSR count). The van der Waals surface area contributed by atoms with E-state index < -0.39 is 18.5 Å². The molecule has 112 valence electrons. The van der Waals surface area contributed by atoms with Crippen LogP contribution in [0.4, 0.5) is 4.79 Å². The maximum Gasteiger partial charge on any atom is 0.321 e. The fourth-order valence-electron chi connectivity index (χ4n) is 1.79. The fourth-order valence-corrected chi connectivity index (χ4v) is 1.79. The van der Waals surface area contributed by atoms with Gasteiger partial charge in [-0.25, -0.2) is 4.79 Å². The van der Waals surface area contributed by atoms with Crippen molar-refractivity contribution in [2.75, 3.05) is 6.61 Å². The molecule has 0 saturated heterocycles. The first-order valence-corrected chi connectivity index (χ1v) is 6.95. The second-order valence-electron chi connectivity index (χ2n) is 4.92. The average molecular weight is 282 g/mol. The number of carbonyl (C=O) groups is 3. The van der Waals surface area contributed by atoms with E-state index in [-0.39, 0.29) is 17.9 Å². The van der Waals surface area contributed by atoms with Gasteiger partial charge in [0, 0.05) is 6.04 Å². The van der Waals surface area contributed by atoms with Crippen molar-refractivity contribution >= 4 is 17.9 Å². The molecule has 1 aliphatic rings. The van der Waals surface area contributed by atoms with Gasteiger partial charge in [-0.15, -0.1) is 0 Å². The van der Waals surface area contributed by atoms with Crippen LogP contribution in [0.5, 0.6) is 0 Å². The van der Waals surface area contributed by atoms with E-state index in [4.69, 9.17) is 4.74 Å². The first kappa shape index (κ1) is 16.2. The largest absolute Gasteiger partial charge is 0.455 e. The van der Waals surface area contributed by atoms with E-state index in [2.05, 4.69) is 10.6 Å². The zero-order chi connectivity index (χ0) is 15.0. The van der Waals surface area contributed by atoms with Crippen LogP contribution in [-0.4, -0.2) is 30.6 Å². The molecule has 0 heterocycles. The monoisotopic (exact) mass is 282 g/mol. The Balaban J connectivity index is 2.23. The van der Waals surface area contributed by atoms with Gasteiger partial charge in [0.05, 0.1) is 5.92 Å². The molecule has 6 nitrogen and oxygen atoms in total. The number of rotatable bonds is 5. The van der Waals surface area contributed by atoms with Crippen LogP contribution >= 0.6 is 0 Å². The van der Waals surface area contributed by atoms with Gasteiger partial charge in [0.25, 0.3) is 5.91 Å². The van der Waals surface area contributed by atoms with E-state index in [0.29, 0.717) is 6.42 Å². The summed E-state index contributed by atoms with van der Waals surface area (Å²) in [5, 5.41) is 4.71. The molecular weight excluding hydrogens is 260 g/mol. The minimum Gasteiger partial charge on any atom is -0.455 e. The van der Waals surface area contributed by atoms with Crippen molar-refractivity contribution in [3.8, 4) is 0 Å². The highest BCUT2D eigenvalue weighted by molar-refractivity contribution is 5.95. The normalized spacial score (nSPS) is 19.0. The van der Waals surface area contributed by atoms with Crippen LogP contribution in [0.1, 0.15) is 39.5 Å². The predicted molar refractivity (Wildman–Crippen MR) is 73.9 cm³/mol. The summed E-state index contributed by atoms with van der Waals surface area (Å²) >= 11 is 0. The second-order valence-corrected chi connectivity index (χ2v) is 4.92. The van der Waals surface area contributed by atoms with Gasteiger partial charge < -0.3 is 10.1 Å². The van der Waals surface area contributed by atoms with E-state index in [1.54, 1.807) is 0 Å². The number of ether oxygens (including phenoxy) is 1.